The third-order valence-electron chi connectivity index (χ3n) is 5.07. The molecule has 2 aromatic carbocycles. The van der Waals surface area contributed by atoms with Gasteiger partial charge in [-0.1, -0.05) is 12.1 Å². The van der Waals surface area contributed by atoms with Crippen LogP contribution in [0.3, 0.4) is 0 Å². The second kappa shape index (κ2) is 9.93. The fraction of sp³-hybridized carbons (Fsp3) is 0.217. The fourth-order valence-electron chi connectivity index (χ4n) is 3.33. The average Bonchev–Trinajstić information content (AvgIpc) is 3.44. The van der Waals surface area contributed by atoms with E-state index in [1.807, 2.05) is 24.3 Å². The van der Waals surface area contributed by atoms with Crippen molar-refractivity contribution < 1.29 is 14.2 Å². The molecule has 1 atom stereocenters. The number of nitriles is 1. The van der Waals surface area contributed by atoms with E-state index in [1.54, 1.807) is 35.8 Å². The van der Waals surface area contributed by atoms with Gasteiger partial charge in [-0.2, -0.15) is 5.26 Å². The van der Waals surface area contributed by atoms with Crippen molar-refractivity contribution in [2.45, 2.75) is 25.9 Å². The lowest BCUT2D eigenvalue weighted by Gasteiger charge is -2.10. The Morgan fingerprint density at radius 2 is 1.94 bits per heavy atom. The Morgan fingerprint density at radius 1 is 1.18 bits per heavy atom. The number of imidazole rings is 1. The lowest BCUT2D eigenvalue weighted by molar-refractivity contribution is -0.117. The highest BCUT2D eigenvalue weighted by Crippen LogP contribution is 2.28. The Kier molecular flexibility index (Phi) is 6.61. The topological polar surface area (TPSA) is 165 Å². The van der Waals surface area contributed by atoms with E-state index in [0.29, 0.717) is 40.6 Å². The number of nitrogens with one attached hydrogen (secondary N) is 2. The number of anilines is 2. The van der Waals surface area contributed by atoms with E-state index in [2.05, 4.69) is 32.0 Å². The summed E-state index contributed by atoms with van der Waals surface area (Å²) in [5.41, 5.74) is 8.37. The van der Waals surface area contributed by atoms with Gasteiger partial charge in [-0.25, -0.2) is 9.61 Å². The molecular weight excluding hydrogens is 436 g/mol. The average molecular weight is 458 g/mol. The summed E-state index contributed by atoms with van der Waals surface area (Å²) in [4.78, 5) is 29.6. The molecule has 0 radical (unpaired) electrons. The summed E-state index contributed by atoms with van der Waals surface area (Å²) in [5.74, 6) is 0.281. The largest absolute Gasteiger partial charge is 0.364 e. The van der Waals surface area contributed by atoms with E-state index in [0.717, 1.165) is 5.52 Å². The minimum Gasteiger partial charge on any atom is -0.364 e. The third-order valence-corrected chi connectivity index (χ3v) is 5.07. The van der Waals surface area contributed by atoms with Crippen LogP contribution in [-0.2, 0) is 11.3 Å². The van der Waals surface area contributed by atoms with Gasteiger partial charge in [0.15, 0.2) is 17.3 Å². The highest BCUT2D eigenvalue weighted by Gasteiger charge is 2.22. The van der Waals surface area contributed by atoms with Crippen LogP contribution < -0.4 is 16.4 Å². The number of carbonyl (C=O) groups is 2. The van der Waals surface area contributed by atoms with Crippen molar-refractivity contribution >= 4 is 34.2 Å². The molecule has 0 aliphatic carbocycles. The SMILES string of the molecule is CC(N)C(=O)Nc1ccc(C(=O)Cn2c(-c3nonc3NCCC#N)nc3ccccc32)cc1. The predicted molar refractivity (Wildman–Crippen MR) is 125 cm³/mol. The number of carbonyl (C=O) groups excluding carboxylic acids is 2. The highest BCUT2D eigenvalue weighted by molar-refractivity contribution is 5.99. The lowest BCUT2D eigenvalue weighted by Crippen LogP contribution is -2.32. The monoisotopic (exact) mass is 458 g/mol. The molecule has 0 bridgehead atoms. The molecule has 172 valence electrons. The number of hydrogen-bond donors (Lipinski definition) is 3. The Bertz CT molecular complexity index is 1370. The molecule has 2 aromatic heterocycles. The molecule has 0 aliphatic heterocycles. The number of amides is 1. The molecule has 4 N–H and O–H groups in total. The van der Waals surface area contributed by atoms with Crippen LogP contribution in [0.5, 0.6) is 0 Å². The second-order valence-corrected chi connectivity index (χ2v) is 7.59. The van der Waals surface area contributed by atoms with Gasteiger partial charge in [0.05, 0.1) is 36.1 Å². The van der Waals surface area contributed by atoms with Crippen molar-refractivity contribution in [3.05, 3.63) is 54.1 Å². The summed E-state index contributed by atoms with van der Waals surface area (Å²) in [6, 6.07) is 15.4. The van der Waals surface area contributed by atoms with Gasteiger partial charge in [-0.05, 0) is 53.6 Å². The van der Waals surface area contributed by atoms with Crippen LogP contribution in [0.15, 0.2) is 53.2 Å². The number of aromatic nitrogens is 4. The van der Waals surface area contributed by atoms with Gasteiger partial charge in [-0.3, -0.25) is 9.59 Å². The van der Waals surface area contributed by atoms with Gasteiger partial charge < -0.3 is 20.9 Å². The van der Waals surface area contributed by atoms with E-state index in [-0.39, 0.29) is 24.7 Å². The molecule has 0 fully saturated rings. The molecular formula is C23H22N8O3. The summed E-state index contributed by atoms with van der Waals surface area (Å²) in [6.45, 7) is 1.95. The molecule has 0 saturated heterocycles. The van der Waals surface area contributed by atoms with Gasteiger partial charge in [0, 0.05) is 17.8 Å². The second-order valence-electron chi connectivity index (χ2n) is 7.59. The zero-order valence-electron chi connectivity index (χ0n) is 18.4. The zero-order chi connectivity index (χ0) is 24.1. The van der Waals surface area contributed by atoms with Gasteiger partial charge in [-0.15, -0.1) is 0 Å². The van der Waals surface area contributed by atoms with Crippen molar-refractivity contribution in [1.29, 1.82) is 5.26 Å². The smallest absolute Gasteiger partial charge is 0.240 e. The van der Waals surface area contributed by atoms with Crippen LogP contribution in [0.4, 0.5) is 11.5 Å². The Balaban J connectivity index is 1.62. The zero-order valence-corrected chi connectivity index (χ0v) is 18.4. The van der Waals surface area contributed by atoms with Crippen molar-refractivity contribution in [1.82, 2.24) is 19.9 Å². The normalized spacial score (nSPS) is 11.7. The van der Waals surface area contributed by atoms with Crippen molar-refractivity contribution in [3.63, 3.8) is 0 Å². The first-order valence-corrected chi connectivity index (χ1v) is 10.6. The van der Waals surface area contributed by atoms with E-state index < -0.39 is 6.04 Å². The first-order valence-electron chi connectivity index (χ1n) is 10.6. The maximum atomic E-state index is 13.1. The van der Waals surface area contributed by atoms with Crippen LogP contribution in [0.25, 0.3) is 22.6 Å². The molecule has 11 nitrogen and oxygen atoms in total. The molecule has 0 aliphatic rings. The van der Waals surface area contributed by atoms with Gasteiger partial charge >= 0.3 is 0 Å². The Morgan fingerprint density at radius 3 is 2.68 bits per heavy atom. The molecule has 2 heterocycles. The minimum atomic E-state index is -0.639. The van der Waals surface area contributed by atoms with Crippen LogP contribution in [0.1, 0.15) is 23.7 Å². The number of Topliss-reactive ketones (excluding diaryl/α,β-unsaturated/α-hetero) is 1. The fourth-order valence-corrected chi connectivity index (χ4v) is 3.33. The molecule has 0 saturated carbocycles. The number of benzene rings is 2. The molecule has 4 rings (SSSR count). The lowest BCUT2D eigenvalue weighted by atomic mass is 10.1. The first kappa shape index (κ1) is 22.6. The first-order chi connectivity index (χ1) is 16.5. The molecule has 1 unspecified atom stereocenters. The maximum Gasteiger partial charge on any atom is 0.240 e. The number of para-hydroxylation sites is 2. The summed E-state index contributed by atoms with van der Waals surface area (Å²) in [7, 11) is 0. The van der Waals surface area contributed by atoms with Gasteiger partial charge in [0.1, 0.15) is 0 Å². The van der Waals surface area contributed by atoms with Gasteiger partial charge in [0.2, 0.25) is 11.7 Å². The highest BCUT2D eigenvalue weighted by atomic mass is 16.6. The number of hydrogen-bond acceptors (Lipinski definition) is 9. The van der Waals surface area contributed by atoms with E-state index in [4.69, 9.17) is 15.6 Å². The number of nitrogens with two attached hydrogens (primary N) is 1. The quantitative estimate of drug-likeness (QED) is 0.252. The van der Waals surface area contributed by atoms with Gasteiger partial charge in [0.25, 0.3) is 0 Å². The van der Waals surface area contributed by atoms with Crippen LogP contribution >= 0.6 is 0 Å². The Labute approximate surface area is 194 Å². The van der Waals surface area contributed by atoms with Crippen LogP contribution in [0.2, 0.25) is 0 Å². The predicted octanol–water partition coefficient (Wildman–Crippen LogP) is 2.58. The Hall–Kier alpha value is -4.56. The molecule has 4 aromatic rings. The number of fused-ring (bicyclic) bond motifs is 1. The summed E-state index contributed by atoms with van der Waals surface area (Å²) >= 11 is 0. The van der Waals surface area contributed by atoms with Crippen molar-refractivity contribution in [2.24, 2.45) is 5.73 Å². The standard InChI is InChI=1S/C23H22N8O3/c1-14(25)23(33)27-16-9-7-15(8-10-16)19(32)13-31-18-6-3-2-5-17(18)28-22(31)20-21(30-34-29-20)26-12-4-11-24/h2-3,5-10,14H,4,12-13,25H2,1H3,(H,26,30)(H,27,33). The van der Waals surface area contributed by atoms with Crippen LogP contribution in [-0.4, -0.2) is 44.1 Å². The summed E-state index contributed by atoms with van der Waals surface area (Å²) in [5, 5.41) is 22.3. The number of nitrogens with zero attached hydrogens (tertiary/aromatic N) is 5. The van der Waals surface area contributed by atoms with Crippen molar-refractivity contribution in [3.8, 4) is 17.6 Å². The summed E-state index contributed by atoms with van der Waals surface area (Å²) < 4.78 is 6.65. The molecule has 34 heavy (non-hydrogen) atoms. The van der Waals surface area contributed by atoms with E-state index in [9.17, 15) is 9.59 Å². The van der Waals surface area contributed by atoms with Crippen LogP contribution in [0, 0.1) is 11.3 Å². The summed E-state index contributed by atoms with van der Waals surface area (Å²) in [6.07, 6.45) is 0.280. The third kappa shape index (κ3) is 4.77. The number of rotatable bonds is 9. The molecule has 1 amide bonds. The molecule has 0 spiro atoms. The van der Waals surface area contributed by atoms with E-state index in [1.165, 1.54) is 0 Å². The van der Waals surface area contributed by atoms with Crippen molar-refractivity contribution in [2.75, 3.05) is 17.2 Å². The minimum absolute atomic E-state index is 0.00805. The number of ketones is 1. The van der Waals surface area contributed by atoms with E-state index >= 15 is 0 Å². The molecule has 11 heteroatoms. The maximum absolute atomic E-state index is 13.1.